The quantitative estimate of drug-likeness (QED) is 0.542. The average Bonchev–Trinajstić information content (AvgIpc) is 3.27. The molecule has 0 fully saturated rings. The Morgan fingerprint density at radius 1 is 1.07 bits per heavy atom. The molecule has 0 aliphatic carbocycles. The zero-order chi connectivity index (χ0) is 20.1. The number of hydrogen-bond donors (Lipinski definition) is 0. The molecule has 0 atom stereocenters. The predicted molar refractivity (Wildman–Crippen MR) is 114 cm³/mol. The van der Waals surface area contributed by atoms with Gasteiger partial charge in [-0.25, -0.2) is 4.98 Å². The molecule has 0 saturated heterocycles. The van der Waals surface area contributed by atoms with Gasteiger partial charge in [0.15, 0.2) is 0 Å². The van der Waals surface area contributed by atoms with Crippen molar-refractivity contribution in [2.24, 2.45) is 0 Å². The normalized spacial score (nSPS) is 11.7. The molecule has 150 valence electrons. The zero-order valence-electron chi connectivity index (χ0n) is 17.9. The average molecular weight is 380 g/mol. The van der Waals surface area contributed by atoms with Crippen molar-refractivity contribution < 1.29 is 0 Å². The van der Waals surface area contributed by atoms with Crippen LogP contribution in [0.2, 0.25) is 0 Å². The molecule has 0 N–H and O–H groups in total. The van der Waals surface area contributed by atoms with Crippen LogP contribution in [0.25, 0.3) is 0 Å². The van der Waals surface area contributed by atoms with Crippen LogP contribution in [0.1, 0.15) is 54.4 Å². The summed E-state index contributed by atoms with van der Waals surface area (Å²) in [5, 5.41) is 4.79. The zero-order valence-corrected chi connectivity index (χ0v) is 17.9. The first-order valence-corrected chi connectivity index (χ1v) is 10.2. The molecule has 2 aromatic heterocycles. The van der Waals surface area contributed by atoms with E-state index < -0.39 is 0 Å². The SMILES string of the molecule is Cc1ccccc1CN(CCCn1ccnc1)Cc1c(C)nn(C(C)C)c1C. The van der Waals surface area contributed by atoms with Crippen molar-refractivity contribution in [1.29, 1.82) is 0 Å². The highest BCUT2D eigenvalue weighted by Gasteiger charge is 2.17. The van der Waals surface area contributed by atoms with Crippen LogP contribution in [0.5, 0.6) is 0 Å². The lowest BCUT2D eigenvalue weighted by Gasteiger charge is -2.24. The molecule has 2 heterocycles. The number of aromatic nitrogens is 4. The van der Waals surface area contributed by atoms with Gasteiger partial charge in [-0.05, 0) is 52.2 Å². The van der Waals surface area contributed by atoms with Gasteiger partial charge in [0, 0.05) is 55.9 Å². The minimum Gasteiger partial charge on any atom is -0.337 e. The fourth-order valence-electron chi connectivity index (χ4n) is 3.79. The largest absolute Gasteiger partial charge is 0.337 e. The van der Waals surface area contributed by atoms with E-state index in [1.165, 1.54) is 22.4 Å². The minimum absolute atomic E-state index is 0.388. The summed E-state index contributed by atoms with van der Waals surface area (Å²) in [7, 11) is 0. The van der Waals surface area contributed by atoms with E-state index in [1.54, 1.807) is 0 Å². The van der Waals surface area contributed by atoms with Crippen LogP contribution in [-0.2, 0) is 19.6 Å². The van der Waals surface area contributed by atoms with E-state index in [1.807, 2.05) is 18.7 Å². The topological polar surface area (TPSA) is 38.9 Å². The number of hydrogen-bond acceptors (Lipinski definition) is 3. The van der Waals surface area contributed by atoms with Crippen molar-refractivity contribution in [3.05, 3.63) is 71.1 Å². The highest BCUT2D eigenvalue weighted by molar-refractivity contribution is 5.27. The molecule has 5 heteroatoms. The Kier molecular flexibility index (Phi) is 6.68. The summed E-state index contributed by atoms with van der Waals surface area (Å²) in [5.74, 6) is 0. The molecular weight excluding hydrogens is 346 g/mol. The van der Waals surface area contributed by atoms with Gasteiger partial charge >= 0.3 is 0 Å². The summed E-state index contributed by atoms with van der Waals surface area (Å²) in [6.07, 6.45) is 6.87. The highest BCUT2D eigenvalue weighted by atomic mass is 15.3. The summed E-state index contributed by atoms with van der Waals surface area (Å²) in [4.78, 5) is 6.70. The molecule has 3 aromatic rings. The number of imidazole rings is 1. The molecule has 0 bridgehead atoms. The lowest BCUT2D eigenvalue weighted by molar-refractivity contribution is 0.247. The van der Waals surface area contributed by atoms with Crippen molar-refractivity contribution in [1.82, 2.24) is 24.2 Å². The van der Waals surface area contributed by atoms with Gasteiger partial charge in [-0.2, -0.15) is 5.10 Å². The van der Waals surface area contributed by atoms with Crippen LogP contribution in [0.3, 0.4) is 0 Å². The first-order valence-electron chi connectivity index (χ1n) is 10.2. The van der Waals surface area contributed by atoms with E-state index >= 15 is 0 Å². The molecule has 0 radical (unpaired) electrons. The Bertz CT molecular complexity index is 877. The second-order valence-corrected chi connectivity index (χ2v) is 7.98. The van der Waals surface area contributed by atoms with Crippen LogP contribution >= 0.6 is 0 Å². The third-order valence-electron chi connectivity index (χ3n) is 5.45. The smallest absolute Gasteiger partial charge is 0.0945 e. The second-order valence-electron chi connectivity index (χ2n) is 7.98. The molecule has 0 saturated carbocycles. The molecule has 0 amide bonds. The molecule has 3 rings (SSSR count). The van der Waals surface area contributed by atoms with Crippen LogP contribution in [0.15, 0.2) is 43.0 Å². The van der Waals surface area contributed by atoms with Gasteiger partial charge in [0.2, 0.25) is 0 Å². The first-order chi connectivity index (χ1) is 13.5. The van der Waals surface area contributed by atoms with Crippen molar-refractivity contribution in [2.75, 3.05) is 6.54 Å². The lowest BCUT2D eigenvalue weighted by Crippen LogP contribution is -2.26. The minimum atomic E-state index is 0.388. The molecular formula is C23H33N5. The highest BCUT2D eigenvalue weighted by Crippen LogP contribution is 2.21. The van der Waals surface area contributed by atoms with Gasteiger partial charge in [-0.15, -0.1) is 0 Å². The molecule has 0 spiro atoms. The molecule has 0 unspecified atom stereocenters. The summed E-state index contributed by atoms with van der Waals surface area (Å²) in [6, 6.07) is 9.09. The van der Waals surface area contributed by atoms with Gasteiger partial charge in [-0.1, -0.05) is 24.3 Å². The van der Waals surface area contributed by atoms with E-state index in [0.29, 0.717) is 6.04 Å². The van der Waals surface area contributed by atoms with Crippen LogP contribution in [0, 0.1) is 20.8 Å². The van der Waals surface area contributed by atoms with E-state index in [2.05, 4.69) is 78.0 Å². The van der Waals surface area contributed by atoms with E-state index in [9.17, 15) is 0 Å². The number of aryl methyl sites for hydroxylation is 3. The van der Waals surface area contributed by atoms with Gasteiger partial charge in [-0.3, -0.25) is 9.58 Å². The Morgan fingerprint density at radius 3 is 2.50 bits per heavy atom. The third kappa shape index (κ3) is 4.90. The summed E-state index contributed by atoms with van der Waals surface area (Å²) in [5.41, 5.74) is 6.56. The summed E-state index contributed by atoms with van der Waals surface area (Å²) >= 11 is 0. The van der Waals surface area contributed by atoms with E-state index in [4.69, 9.17) is 5.10 Å². The monoisotopic (exact) mass is 379 g/mol. The maximum absolute atomic E-state index is 4.79. The summed E-state index contributed by atoms with van der Waals surface area (Å²) < 4.78 is 4.31. The van der Waals surface area contributed by atoms with Crippen LogP contribution in [-0.4, -0.2) is 30.8 Å². The van der Waals surface area contributed by atoms with Crippen molar-refractivity contribution >= 4 is 0 Å². The maximum Gasteiger partial charge on any atom is 0.0945 e. The standard InChI is InChI=1S/C23H33N5/c1-18(2)28-21(5)23(20(4)25-28)16-27(13-8-12-26-14-11-24-17-26)15-22-10-7-6-9-19(22)3/h6-7,9-11,14,17-18H,8,12-13,15-16H2,1-5H3. The molecule has 28 heavy (non-hydrogen) atoms. The van der Waals surface area contributed by atoms with Crippen molar-refractivity contribution in [3.63, 3.8) is 0 Å². The Morgan fingerprint density at radius 2 is 1.86 bits per heavy atom. The van der Waals surface area contributed by atoms with Gasteiger partial charge in [0.05, 0.1) is 12.0 Å². The summed E-state index contributed by atoms with van der Waals surface area (Å²) in [6.45, 7) is 14.9. The van der Waals surface area contributed by atoms with Crippen molar-refractivity contribution in [2.45, 2.75) is 66.7 Å². The molecule has 0 aliphatic heterocycles. The van der Waals surface area contributed by atoms with E-state index in [0.717, 1.165) is 38.3 Å². The Labute approximate surface area is 169 Å². The number of rotatable bonds is 9. The lowest BCUT2D eigenvalue weighted by atomic mass is 10.1. The number of nitrogens with zero attached hydrogens (tertiary/aromatic N) is 5. The molecule has 5 nitrogen and oxygen atoms in total. The fourth-order valence-corrected chi connectivity index (χ4v) is 3.79. The Balaban J connectivity index is 1.76. The van der Waals surface area contributed by atoms with Gasteiger partial charge in [0.25, 0.3) is 0 Å². The molecule has 0 aliphatic rings. The maximum atomic E-state index is 4.79. The van der Waals surface area contributed by atoms with Crippen LogP contribution < -0.4 is 0 Å². The molecule has 1 aromatic carbocycles. The Hall–Kier alpha value is -2.40. The van der Waals surface area contributed by atoms with Gasteiger partial charge < -0.3 is 4.57 Å². The number of benzene rings is 1. The van der Waals surface area contributed by atoms with Crippen LogP contribution in [0.4, 0.5) is 0 Å². The van der Waals surface area contributed by atoms with Gasteiger partial charge in [0.1, 0.15) is 0 Å². The second kappa shape index (κ2) is 9.20. The fraction of sp³-hybridized carbons (Fsp3) is 0.478. The predicted octanol–water partition coefficient (Wildman–Crippen LogP) is 4.68. The first kappa shape index (κ1) is 20.3. The van der Waals surface area contributed by atoms with E-state index in [-0.39, 0.29) is 0 Å². The van der Waals surface area contributed by atoms with Crippen molar-refractivity contribution in [3.8, 4) is 0 Å². The third-order valence-corrected chi connectivity index (χ3v) is 5.45.